The Hall–Kier alpha value is -2.45. The van der Waals surface area contributed by atoms with E-state index >= 15 is 0 Å². The van der Waals surface area contributed by atoms with Crippen LogP contribution in [0.15, 0.2) is 52.6 Å². The van der Waals surface area contributed by atoms with E-state index in [2.05, 4.69) is 15.5 Å². The lowest BCUT2D eigenvalue weighted by atomic mass is 10.2. The first-order valence-electron chi connectivity index (χ1n) is 7.56. The van der Waals surface area contributed by atoms with Crippen molar-refractivity contribution in [2.24, 2.45) is 5.10 Å². The first-order chi connectivity index (χ1) is 11.5. The largest absolute Gasteiger partial charge is 0.360 e. The van der Waals surface area contributed by atoms with Crippen molar-refractivity contribution in [2.45, 2.75) is 18.7 Å². The third-order valence-corrected chi connectivity index (χ3v) is 5.48. The van der Waals surface area contributed by atoms with E-state index < -0.39 is 15.9 Å². The van der Waals surface area contributed by atoms with Crippen LogP contribution in [0.5, 0.6) is 0 Å². The van der Waals surface area contributed by atoms with E-state index in [9.17, 15) is 13.2 Å². The summed E-state index contributed by atoms with van der Waals surface area (Å²) in [5.74, 6) is -0.477. The van der Waals surface area contributed by atoms with Gasteiger partial charge in [-0.3, -0.25) is 4.79 Å². The Balaban J connectivity index is 2.16. The minimum Gasteiger partial charge on any atom is -0.360 e. The number of sulfonamides is 1. The van der Waals surface area contributed by atoms with E-state index in [-0.39, 0.29) is 10.5 Å². The number of hydrazone groups is 1. The number of hydrogen-bond donors (Lipinski definition) is 2. The summed E-state index contributed by atoms with van der Waals surface area (Å²) in [4.78, 5) is 15.1. The number of amides is 1. The van der Waals surface area contributed by atoms with Gasteiger partial charge in [-0.2, -0.15) is 9.41 Å². The summed E-state index contributed by atoms with van der Waals surface area (Å²) in [7, 11) is -3.60. The van der Waals surface area contributed by atoms with E-state index in [1.807, 2.05) is 6.07 Å². The van der Waals surface area contributed by atoms with Gasteiger partial charge in [0.05, 0.1) is 16.8 Å². The molecule has 0 aliphatic heterocycles. The fourth-order valence-corrected chi connectivity index (χ4v) is 3.66. The molecule has 1 heterocycles. The molecule has 0 radical (unpaired) electrons. The van der Waals surface area contributed by atoms with Crippen LogP contribution in [0.1, 0.15) is 29.9 Å². The summed E-state index contributed by atoms with van der Waals surface area (Å²) >= 11 is 0. The standard InChI is InChI=1S/C16H20N4O3S/c1-3-20(4-2)24(22,23)15-9-5-7-13(11-15)16(21)19-18-12-14-8-6-10-17-14/h5-12,17H,3-4H2,1-2H3,(H,19,21)/b18-12+. The van der Waals surface area contributed by atoms with Gasteiger partial charge >= 0.3 is 0 Å². The topological polar surface area (TPSA) is 94.6 Å². The smallest absolute Gasteiger partial charge is 0.271 e. The molecule has 0 fully saturated rings. The molecule has 128 valence electrons. The second kappa shape index (κ2) is 7.89. The van der Waals surface area contributed by atoms with Crippen LogP contribution in [-0.2, 0) is 10.0 Å². The summed E-state index contributed by atoms with van der Waals surface area (Å²) in [6.07, 6.45) is 3.21. The zero-order valence-electron chi connectivity index (χ0n) is 13.6. The maximum Gasteiger partial charge on any atom is 0.271 e. The maximum atomic E-state index is 12.5. The second-order valence-corrected chi connectivity index (χ2v) is 6.88. The number of carbonyl (C=O) groups is 1. The van der Waals surface area contributed by atoms with Crippen molar-refractivity contribution in [2.75, 3.05) is 13.1 Å². The number of hydrogen-bond acceptors (Lipinski definition) is 4. The molecule has 0 aliphatic carbocycles. The Morgan fingerprint density at radius 2 is 2.00 bits per heavy atom. The zero-order chi connectivity index (χ0) is 17.6. The summed E-state index contributed by atoms with van der Waals surface area (Å²) in [6.45, 7) is 4.28. The van der Waals surface area contributed by atoms with E-state index in [4.69, 9.17) is 0 Å². The SMILES string of the molecule is CCN(CC)S(=O)(=O)c1cccc(C(=O)N/N=C/c2ccc[nH]2)c1. The van der Waals surface area contributed by atoms with Gasteiger partial charge in [0.1, 0.15) is 0 Å². The highest BCUT2D eigenvalue weighted by Crippen LogP contribution is 2.16. The van der Waals surface area contributed by atoms with Crippen molar-refractivity contribution in [3.05, 3.63) is 53.9 Å². The van der Waals surface area contributed by atoms with Gasteiger partial charge in [0.25, 0.3) is 5.91 Å². The van der Waals surface area contributed by atoms with Gasteiger partial charge in [-0.1, -0.05) is 19.9 Å². The van der Waals surface area contributed by atoms with Crippen molar-refractivity contribution < 1.29 is 13.2 Å². The highest BCUT2D eigenvalue weighted by molar-refractivity contribution is 7.89. The lowest BCUT2D eigenvalue weighted by Gasteiger charge is -2.18. The molecule has 0 saturated carbocycles. The molecule has 2 N–H and O–H groups in total. The van der Waals surface area contributed by atoms with Crippen LogP contribution < -0.4 is 5.43 Å². The second-order valence-electron chi connectivity index (χ2n) is 4.94. The highest BCUT2D eigenvalue weighted by atomic mass is 32.2. The molecule has 0 spiro atoms. The Labute approximate surface area is 141 Å². The number of H-pyrrole nitrogens is 1. The average molecular weight is 348 g/mol. The highest BCUT2D eigenvalue weighted by Gasteiger charge is 2.22. The number of benzene rings is 1. The van der Waals surface area contributed by atoms with Gasteiger partial charge in [0, 0.05) is 24.8 Å². The first-order valence-corrected chi connectivity index (χ1v) is 9.00. The summed E-state index contributed by atoms with van der Waals surface area (Å²) in [5, 5.41) is 3.83. The van der Waals surface area contributed by atoms with Gasteiger partial charge in [-0.15, -0.1) is 0 Å². The Bertz CT molecular complexity index is 810. The molecule has 0 saturated heterocycles. The van der Waals surface area contributed by atoms with Gasteiger partial charge in [0.2, 0.25) is 10.0 Å². The summed E-state index contributed by atoms with van der Waals surface area (Å²) in [5.41, 5.74) is 3.35. The van der Waals surface area contributed by atoms with Gasteiger partial charge in [-0.25, -0.2) is 13.8 Å². The number of carbonyl (C=O) groups excluding carboxylic acids is 1. The molecule has 1 aromatic carbocycles. The van der Waals surface area contributed by atoms with E-state index in [0.29, 0.717) is 13.1 Å². The quantitative estimate of drug-likeness (QED) is 0.590. The monoisotopic (exact) mass is 348 g/mol. The van der Waals surface area contributed by atoms with Crippen molar-refractivity contribution in [1.29, 1.82) is 0 Å². The predicted octanol–water partition coefficient (Wildman–Crippen LogP) is 1.81. The molecule has 1 aromatic heterocycles. The average Bonchev–Trinajstić information content (AvgIpc) is 3.09. The molecule has 0 bridgehead atoms. The van der Waals surface area contributed by atoms with E-state index in [0.717, 1.165) is 5.69 Å². The number of aromatic amines is 1. The Kier molecular flexibility index (Phi) is 5.88. The molecular formula is C16H20N4O3S. The number of aromatic nitrogens is 1. The molecule has 0 atom stereocenters. The van der Waals surface area contributed by atoms with Crippen molar-refractivity contribution >= 4 is 22.1 Å². The van der Waals surface area contributed by atoms with Gasteiger partial charge in [-0.05, 0) is 30.3 Å². The van der Waals surface area contributed by atoms with Crippen LogP contribution in [0.4, 0.5) is 0 Å². The fourth-order valence-electron chi connectivity index (χ4n) is 2.16. The molecular weight excluding hydrogens is 328 g/mol. The zero-order valence-corrected chi connectivity index (χ0v) is 14.4. The minimum absolute atomic E-state index is 0.0900. The van der Waals surface area contributed by atoms with Crippen LogP contribution in [0.3, 0.4) is 0 Å². The maximum absolute atomic E-state index is 12.5. The van der Waals surface area contributed by atoms with Crippen LogP contribution in [0.25, 0.3) is 0 Å². The van der Waals surface area contributed by atoms with Crippen LogP contribution in [0.2, 0.25) is 0 Å². The Morgan fingerprint density at radius 1 is 1.25 bits per heavy atom. The molecule has 0 aliphatic rings. The lowest BCUT2D eigenvalue weighted by molar-refractivity contribution is 0.0955. The van der Waals surface area contributed by atoms with Crippen molar-refractivity contribution in [1.82, 2.24) is 14.7 Å². The molecule has 7 nitrogen and oxygen atoms in total. The van der Waals surface area contributed by atoms with Crippen LogP contribution in [0, 0.1) is 0 Å². The van der Waals surface area contributed by atoms with Crippen molar-refractivity contribution in [3.8, 4) is 0 Å². The normalized spacial score (nSPS) is 12.0. The molecule has 8 heteroatoms. The fraction of sp³-hybridized carbons (Fsp3) is 0.250. The predicted molar refractivity (Wildman–Crippen MR) is 92.4 cm³/mol. The van der Waals surface area contributed by atoms with E-state index in [1.165, 1.54) is 22.7 Å². The summed E-state index contributed by atoms with van der Waals surface area (Å²) < 4.78 is 26.3. The Morgan fingerprint density at radius 3 is 2.62 bits per heavy atom. The van der Waals surface area contributed by atoms with Gasteiger partial charge in [0.15, 0.2) is 0 Å². The molecule has 1 amide bonds. The molecule has 24 heavy (non-hydrogen) atoms. The van der Waals surface area contributed by atoms with Gasteiger partial charge < -0.3 is 4.98 Å². The molecule has 2 aromatic rings. The number of nitrogens with zero attached hydrogens (tertiary/aromatic N) is 2. The van der Waals surface area contributed by atoms with E-state index in [1.54, 1.807) is 38.2 Å². The molecule has 0 unspecified atom stereocenters. The summed E-state index contributed by atoms with van der Waals surface area (Å²) in [6, 6.07) is 9.53. The van der Waals surface area contributed by atoms with Crippen molar-refractivity contribution in [3.63, 3.8) is 0 Å². The third kappa shape index (κ3) is 4.09. The minimum atomic E-state index is -3.60. The lowest BCUT2D eigenvalue weighted by Crippen LogP contribution is -2.30. The van der Waals surface area contributed by atoms with Crippen LogP contribution in [-0.4, -0.2) is 42.9 Å². The van der Waals surface area contributed by atoms with Crippen LogP contribution >= 0.6 is 0 Å². The number of nitrogens with one attached hydrogen (secondary N) is 2. The number of rotatable bonds is 7. The molecule has 2 rings (SSSR count). The third-order valence-electron chi connectivity index (χ3n) is 3.43. The first kappa shape index (κ1) is 17.9.